The van der Waals surface area contributed by atoms with Crippen molar-refractivity contribution in [3.8, 4) is 16.8 Å². The number of carbonyl (C=O) groups excluding carboxylic acids is 1. The number of fused-ring (bicyclic) bond motifs is 1. The number of nitrogens with zero attached hydrogens (tertiary/aromatic N) is 4. The molecule has 168 valence electrons. The molecule has 1 aliphatic heterocycles. The van der Waals surface area contributed by atoms with Gasteiger partial charge in [-0.15, -0.1) is 0 Å². The standard InChI is InChI=1S/C26H26N4O3/c1-26(2,3)33-25(32)28-16-21(17-28)30-23-22(10-7-15-27-23)29(24(30)31)20-13-11-19(12-14-20)18-8-5-4-6-9-18/h4-15,21H,16-17H2,1-3H3. The second kappa shape index (κ2) is 7.92. The van der Waals surface area contributed by atoms with Gasteiger partial charge in [-0.1, -0.05) is 42.5 Å². The number of pyridine rings is 1. The molecule has 33 heavy (non-hydrogen) atoms. The van der Waals surface area contributed by atoms with Gasteiger partial charge in [0.25, 0.3) is 0 Å². The van der Waals surface area contributed by atoms with Crippen LogP contribution in [0.2, 0.25) is 0 Å². The molecule has 1 amide bonds. The van der Waals surface area contributed by atoms with E-state index in [-0.39, 0.29) is 17.8 Å². The zero-order chi connectivity index (χ0) is 23.2. The van der Waals surface area contributed by atoms with Crippen LogP contribution in [0, 0.1) is 0 Å². The number of hydrogen-bond donors (Lipinski definition) is 0. The molecule has 1 saturated heterocycles. The summed E-state index contributed by atoms with van der Waals surface area (Å²) in [5, 5.41) is 0. The van der Waals surface area contributed by atoms with E-state index in [2.05, 4.69) is 17.1 Å². The van der Waals surface area contributed by atoms with Crippen molar-refractivity contribution >= 4 is 17.3 Å². The third-order valence-electron chi connectivity index (χ3n) is 5.74. The van der Waals surface area contributed by atoms with Crippen LogP contribution >= 0.6 is 0 Å². The average Bonchev–Trinajstić information content (AvgIpc) is 3.04. The van der Waals surface area contributed by atoms with E-state index >= 15 is 0 Å². The maximum atomic E-state index is 13.5. The summed E-state index contributed by atoms with van der Waals surface area (Å²) in [6.07, 6.45) is 1.32. The van der Waals surface area contributed by atoms with Crippen molar-refractivity contribution in [2.45, 2.75) is 32.4 Å². The molecule has 7 nitrogen and oxygen atoms in total. The third-order valence-corrected chi connectivity index (χ3v) is 5.74. The van der Waals surface area contributed by atoms with E-state index < -0.39 is 5.60 Å². The summed E-state index contributed by atoms with van der Waals surface area (Å²) in [4.78, 5) is 32.0. The molecular weight excluding hydrogens is 416 g/mol. The fourth-order valence-electron chi connectivity index (χ4n) is 4.16. The second-order valence-corrected chi connectivity index (χ2v) is 9.29. The Hall–Kier alpha value is -3.87. The highest BCUT2D eigenvalue weighted by atomic mass is 16.6. The number of carbonyl (C=O) groups is 1. The summed E-state index contributed by atoms with van der Waals surface area (Å²) in [7, 11) is 0. The van der Waals surface area contributed by atoms with Gasteiger partial charge in [0.05, 0.1) is 17.2 Å². The predicted octanol–water partition coefficient (Wildman–Crippen LogP) is 4.65. The van der Waals surface area contributed by atoms with E-state index in [1.54, 1.807) is 20.2 Å². The van der Waals surface area contributed by atoms with Gasteiger partial charge in [-0.3, -0.25) is 9.13 Å². The summed E-state index contributed by atoms with van der Waals surface area (Å²) >= 11 is 0. The Morgan fingerprint density at radius 3 is 2.27 bits per heavy atom. The Labute approximate surface area is 191 Å². The summed E-state index contributed by atoms with van der Waals surface area (Å²) in [6.45, 7) is 6.35. The van der Waals surface area contributed by atoms with E-state index in [9.17, 15) is 9.59 Å². The van der Waals surface area contributed by atoms with Crippen LogP contribution < -0.4 is 5.69 Å². The van der Waals surface area contributed by atoms with Gasteiger partial charge in [-0.25, -0.2) is 14.6 Å². The van der Waals surface area contributed by atoms with Gasteiger partial charge in [0, 0.05) is 19.3 Å². The van der Waals surface area contributed by atoms with Crippen LogP contribution in [0.15, 0.2) is 77.7 Å². The van der Waals surface area contributed by atoms with Crippen molar-refractivity contribution in [2.75, 3.05) is 13.1 Å². The molecule has 0 bridgehead atoms. The Balaban J connectivity index is 1.47. The monoisotopic (exact) mass is 442 g/mol. The van der Waals surface area contributed by atoms with Crippen molar-refractivity contribution in [1.82, 2.24) is 19.0 Å². The van der Waals surface area contributed by atoms with Crippen LogP contribution in [0.25, 0.3) is 28.0 Å². The molecule has 0 aliphatic carbocycles. The zero-order valence-electron chi connectivity index (χ0n) is 18.9. The summed E-state index contributed by atoms with van der Waals surface area (Å²) in [5.74, 6) is 0. The molecule has 0 radical (unpaired) electrons. The van der Waals surface area contributed by atoms with Gasteiger partial charge < -0.3 is 9.64 Å². The van der Waals surface area contributed by atoms with E-state index in [4.69, 9.17) is 4.74 Å². The van der Waals surface area contributed by atoms with Crippen molar-refractivity contribution in [3.63, 3.8) is 0 Å². The van der Waals surface area contributed by atoms with Crippen molar-refractivity contribution in [1.29, 1.82) is 0 Å². The fourth-order valence-corrected chi connectivity index (χ4v) is 4.16. The lowest BCUT2D eigenvalue weighted by Gasteiger charge is -2.39. The summed E-state index contributed by atoms with van der Waals surface area (Å²) in [5.41, 5.74) is 3.63. The van der Waals surface area contributed by atoms with Crippen molar-refractivity contribution in [2.24, 2.45) is 0 Å². The Bertz CT molecular complexity index is 1360. The first kappa shape index (κ1) is 21.0. The minimum absolute atomic E-state index is 0.146. The van der Waals surface area contributed by atoms with Crippen molar-refractivity contribution < 1.29 is 9.53 Å². The number of amides is 1. The SMILES string of the molecule is CC(C)(C)OC(=O)N1CC(n2c(=O)n(-c3ccc(-c4ccccc4)cc3)c3cccnc32)C1. The second-order valence-electron chi connectivity index (χ2n) is 9.29. The number of likely N-dealkylation sites (tertiary alicyclic amines) is 1. The molecule has 0 unspecified atom stereocenters. The highest BCUT2D eigenvalue weighted by Crippen LogP contribution is 2.27. The van der Waals surface area contributed by atoms with Gasteiger partial charge in [-0.05, 0) is 56.2 Å². The largest absolute Gasteiger partial charge is 0.444 e. The first-order valence-corrected chi connectivity index (χ1v) is 11.0. The van der Waals surface area contributed by atoms with Crippen LogP contribution in [-0.2, 0) is 4.74 Å². The van der Waals surface area contributed by atoms with Gasteiger partial charge >= 0.3 is 11.8 Å². The number of hydrogen-bond acceptors (Lipinski definition) is 4. The molecule has 3 heterocycles. The first-order valence-electron chi connectivity index (χ1n) is 11.0. The van der Waals surface area contributed by atoms with Gasteiger partial charge in [-0.2, -0.15) is 0 Å². The predicted molar refractivity (Wildman–Crippen MR) is 128 cm³/mol. The highest BCUT2D eigenvalue weighted by molar-refractivity contribution is 5.75. The number of aromatic nitrogens is 3. The molecular formula is C26H26N4O3. The van der Waals surface area contributed by atoms with E-state index in [1.807, 2.05) is 75.4 Å². The Kier molecular flexibility index (Phi) is 5.04. The number of imidazole rings is 1. The number of rotatable bonds is 3. The molecule has 4 aromatic rings. The molecule has 0 atom stereocenters. The Morgan fingerprint density at radius 1 is 0.939 bits per heavy atom. The lowest BCUT2D eigenvalue weighted by atomic mass is 10.1. The maximum absolute atomic E-state index is 13.5. The van der Waals surface area contributed by atoms with Crippen LogP contribution in [0.4, 0.5) is 4.79 Å². The first-order chi connectivity index (χ1) is 15.8. The minimum atomic E-state index is -0.553. The molecule has 5 rings (SSSR count). The third kappa shape index (κ3) is 3.91. The number of benzene rings is 2. The minimum Gasteiger partial charge on any atom is -0.444 e. The smallest absolute Gasteiger partial charge is 0.410 e. The highest BCUT2D eigenvalue weighted by Gasteiger charge is 2.37. The summed E-state index contributed by atoms with van der Waals surface area (Å²) < 4.78 is 8.83. The molecule has 7 heteroatoms. The topological polar surface area (TPSA) is 69.4 Å². The molecule has 0 N–H and O–H groups in total. The molecule has 2 aromatic heterocycles. The molecule has 2 aromatic carbocycles. The van der Waals surface area contributed by atoms with Gasteiger partial charge in [0.15, 0.2) is 5.65 Å². The lowest BCUT2D eigenvalue weighted by Crippen LogP contribution is -2.54. The zero-order valence-corrected chi connectivity index (χ0v) is 18.9. The van der Waals surface area contributed by atoms with Crippen molar-refractivity contribution in [3.05, 3.63) is 83.4 Å². The lowest BCUT2D eigenvalue weighted by molar-refractivity contribution is 0.00106. The van der Waals surface area contributed by atoms with Crippen LogP contribution in [0.5, 0.6) is 0 Å². The average molecular weight is 443 g/mol. The van der Waals surface area contributed by atoms with Gasteiger partial charge in [0.1, 0.15) is 5.60 Å². The van der Waals surface area contributed by atoms with Crippen LogP contribution in [0.3, 0.4) is 0 Å². The maximum Gasteiger partial charge on any atom is 0.410 e. The number of ether oxygens (including phenoxy) is 1. The van der Waals surface area contributed by atoms with Crippen LogP contribution in [-0.4, -0.2) is 43.8 Å². The van der Waals surface area contributed by atoms with Crippen LogP contribution in [0.1, 0.15) is 26.8 Å². The normalized spacial score (nSPS) is 14.3. The Morgan fingerprint density at radius 2 is 1.61 bits per heavy atom. The molecule has 0 spiro atoms. The fraction of sp³-hybridized carbons (Fsp3) is 0.269. The molecule has 1 aliphatic rings. The van der Waals surface area contributed by atoms with E-state index in [1.165, 1.54) is 0 Å². The molecule has 0 saturated carbocycles. The van der Waals surface area contributed by atoms with E-state index in [0.717, 1.165) is 22.3 Å². The summed E-state index contributed by atoms with van der Waals surface area (Å²) in [6, 6.07) is 21.6. The van der Waals surface area contributed by atoms with Gasteiger partial charge in [0.2, 0.25) is 0 Å². The quantitative estimate of drug-likeness (QED) is 0.463. The molecule has 1 fully saturated rings. The van der Waals surface area contributed by atoms with E-state index in [0.29, 0.717) is 18.7 Å².